The molecule has 0 atom stereocenters. The Morgan fingerprint density at radius 1 is 1.12 bits per heavy atom. The summed E-state index contributed by atoms with van der Waals surface area (Å²) in [7, 11) is 1.64. The van der Waals surface area contributed by atoms with E-state index in [0.29, 0.717) is 43.0 Å². The van der Waals surface area contributed by atoms with Gasteiger partial charge in [-0.1, -0.05) is 30.0 Å². The zero-order valence-electron chi connectivity index (χ0n) is 17.7. The summed E-state index contributed by atoms with van der Waals surface area (Å²) in [5, 5.41) is 10.7. The zero-order chi connectivity index (χ0) is 21.9. The topological polar surface area (TPSA) is 85.3 Å². The third kappa shape index (κ3) is 3.96. The lowest BCUT2D eigenvalue weighted by atomic mass is 10.1. The van der Waals surface area contributed by atoms with Gasteiger partial charge in [-0.3, -0.25) is 9.36 Å². The van der Waals surface area contributed by atoms with E-state index < -0.39 is 0 Å². The molecule has 5 rings (SSSR count). The molecule has 4 aromatic rings. The fourth-order valence-corrected chi connectivity index (χ4v) is 4.64. The van der Waals surface area contributed by atoms with E-state index in [9.17, 15) is 4.79 Å². The normalized spacial score (nSPS) is 14.1. The van der Waals surface area contributed by atoms with Crippen molar-refractivity contribution in [3.63, 3.8) is 0 Å². The number of nitrogens with zero attached hydrogens (tertiary/aromatic N) is 4. The summed E-state index contributed by atoms with van der Waals surface area (Å²) >= 11 is 1.39. The van der Waals surface area contributed by atoms with Gasteiger partial charge >= 0.3 is 0 Å². The molecule has 2 aromatic carbocycles. The van der Waals surface area contributed by atoms with Crippen molar-refractivity contribution < 1.29 is 14.3 Å². The summed E-state index contributed by atoms with van der Waals surface area (Å²) in [6, 6.07) is 15.8. The minimum absolute atomic E-state index is 0.0798. The molecule has 3 heterocycles. The lowest BCUT2D eigenvalue weighted by Gasteiger charge is -2.26. The van der Waals surface area contributed by atoms with E-state index in [0.717, 1.165) is 27.9 Å². The number of ether oxygens (including phenoxy) is 2. The van der Waals surface area contributed by atoms with E-state index in [1.54, 1.807) is 7.11 Å². The van der Waals surface area contributed by atoms with Gasteiger partial charge in [0.25, 0.3) is 0 Å². The van der Waals surface area contributed by atoms with Crippen LogP contribution in [0.25, 0.3) is 28.0 Å². The van der Waals surface area contributed by atoms with Crippen LogP contribution in [0.15, 0.2) is 59.9 Å². The molecule has 0 aliphatic carbocycles. The molecule has 1 saturated heterocycles. The Morgan fingerprint density at radius 2 is 1.91 bits per heavy atom. The summed E-state index contributed by atoms with van der Waals surface area (Å²) in [5.74, 6) is 1.86. The number of thioether (sulfide) groups is 1. The van der Waals surface area contributed by atoms with Crippen LogP contribution in [0.2, 0.25) is 0 Å². The molecule has 1 N–H and O–H groups in total. The highest BCUT2D eigenvalue weighted by atomic mass is 32.2. The molecule has 0 saturated carbocycles. The monoisotopic (exact) mass is 449 g/mol. The Balaban J connectivity index is 1.51. The summed E-state index contributed by atoms with van der Waals surface area (Å²) in [4.78, 5) is 17.8. The molecule has 1 amide bonds. The number of nitrogens with one attached hydrogen (secondary N) is 1. The summed E-state index contributed by atoms with van der Waals surface area (Å²) in [6.45, 7) is 2.43. The molecule has 1 aliphatic heterocycles. The van der Waals surface area contributed by atoms with Crippen molar-refractivity contribution in [2.24, 2.45) is 0 Å². The third-order valence-electron chi connectivity index (χ3n) is 5.48. The number of aromatic amines is 1. The number of H-pyrrole nitrogens is 1. The quantitative estimate of drug-likeness (QED) is 0.454. The highest BCUT2D eigenvalue weighted by Gasteiger charge is 2.22. The number of aromatic nitrogens is 4. The molecule has 0 unspecified atom stereocenters. The maximum Gasteiger partial charge on any atom is 0.233 e. The highest BCUT2D eigenvalue weighted by molar-refractivity contribution is 7.99. The summed E-state index contributed by atoms with van der Waals surface area (Å²) in [5.41, 5.74) is 2.89. The number of amides is 1. The van der Waals surface area contributed by atoms with Crippen LogP contribution in [0, 0.1) is 0 Å². The standard InChI is InChI=1S/C23H23N5O3S/c1-30-17-8-6-16(7-9-17)28-22(19-14-24-20-5-3-2-4-18(19)20)25-26-23(28)32-15-21(29)27-10-12-31-13-11-27/h2-9,14,24H,10-13,15H2,1H3. The largest absolute Gasteiger partial charge is 0.497 e. The van der Waals surface area contributed by atoms with Crippen LogP contribution < -0.4 is 4.74 Å². The van der Waals surface area contributed by atoms with E-state index >= 15 is 0 Å². The van der Waals surface area contributed by atoms with Gasteiger partial charge in [0.05, 0.1) is 26.1 Å². The van der Waals surface area contributed by atoms with Crippen LogP contribution in [0.5, 0.6) is 5.75 Å². The minimum atomic E-state index is 0.0798. The van der Waals surface area contributed by atoms with E-state index in [-0.39, 0.29) is 5.91 Å². The molecule has 1 aliphatic rings. The first-order valence-corrected chi connectivity index (χ1v) is 11.4. The molecule has 8 nitrogen and oxygen atoms in total. The van der Waals surface area contributed by atoms with Crippen molar-refractivity contribution in [2.75, 3.05) is 39.2 Å². The van der Waals surface area contributed by atoms with Crippen LogP contribution in [0.1, 0.15) is 0 Å². The van der Waals surface area contributed by atoms with Crippen LogP contribution in [-0.2, 0) is 9.53 Å². The van der Waals surface area contributed by atoms with Crippen LogP contribution in [0.3, 0.4) is 0 Å². The number of hydrogen-bond acceptors (Lipinski definition) is 6. The number of hydrogen-bond donors (Lipinski definition) is 1. The van der Waals surface area contributed by atoms with Crippen molar-refractivity contribution in [1.82, 2.24) is 24.6 Å². The molecular weight excluding hydrogens is 426 g/mol. The maximum atomic E-state index is 12.7. The fraction of sp³-hybridized carbons (Fsp3) is 0.261. The van der Waals surface area contributed by atoms with Crippen LogP contribution in [0.4, 0.5) is 0 Å². The Morgan fingerprint density at radius 3 is 2.69 bits per heavy atom. The van der Waals surface area contributed by atoms with E-state index in [1.807, 2.05) is 58.1 Å². The van der Waals surface area contributed by atoms with Gasteiger partial charge in [0.15, 0.2) is 11.0 Å². The van der Waals surface area contributed by atoms with Gasteiger partial charge < -0.3 is 19.4 Å². The number of carbonyl (C=O) groups excluding carboxylic acids is 1. The Hall–Kier alpha value is -3.30. The molecule has 9 heteroatoms. The van der Waals surface area contributed by atoms with Gasteiger partial charge in [-0.05, 0) is 30.3 Å². The average molecular weight is 450 g/mol. The number of morpholine rings is 1. The Labute approximate surface area is 189 Å². The van der Waals surface area contributed by atoms with Crippen molar-refractivity contribution in [1.29, 1.82) is 0 Å². The lowest BCUT2D eigenvalue weighted by Crippen LogP contribution is -2.41. The predicted octanol–water partition coefficient (Wildman–Crippen LogP) is 3.38. The fourth-order valence-electron chi connectivity index (χ4n) is 3.79. The molecule has 0 bridgehead atoms. The first-order chi connectivity index (χ1) is 15.7. The second-order valence-corrected chi connectivity index (χ2v) is 8.31. The summed E-state index contributed by atoms with van der Waals surface area (Å²) in [6.07, 6.45) is 1.95. The van der Waals surface area contributed by atoms with E-state index in [1.165, 1.54) is 11.8 Å². The Bertz CT molecular complexity index is 1230. The first-order valence-electron chi connectivity index (χ1n) is 10.4. The highest BCUT2D eigenvalue weighted by Crippen LogP contribution is 2.33. The average Bonchev–Trinajstić information content (AvgIpc) is 3.47. The number of benzene rings is 2. The van der Waals surface area contributed by atoms with Crippen molar-refractivity contribution in [2.45, 2.75) is 5.16 Å². The predicted molar refractivity (Wildman–Crippen MR) is 123 cm³/mol. The molecule has 164 valence electrons. The molecular formula is C23H23N5O3S. The summed E-state index contributed by atoms with van der Waals surface area (Å²) < 4.78 is 12.7. The maximum absolute atomic E-state index is 12.7. The number of carbonyl (C=O) groups is 1. The van der Waals surface area contributed by atoms with Gasteiger partial charge in [-0.25, -0.2) is 0 Å². The van der Waals surface area contributed by atoms with Crippen molar-refractivity contribution in [3.05, 3.63) is 54.7 Å². The van der Waals surface area contributed by atoms with Crippen molar-refractivity contribution in [3.8, 4) is 22.8 Å². The van der Waals surface area contributed by atoms with E-state index in [2.05, 4.69) is 21.2 Å². The van der Waals surface area contributed by atoms with Crippen molar-refractivity contribution >= 4 is 28.6 Å². The van der Waals surface area contributed by atoms with Gasteiger partial charge in [0.2, 0.25) is 5.91 Å². The minimum Gasteiger partial charge on any atom is -0.497 e. The number of fused-ring (bicyclic) bond motifs is 1. The zero-order valence-corrected chi connectivity index (χ0v) is 18.5. The lowest BCUT2D eigenvalue weighted by molar-refractivity contribution is -0.132. The number of methoxy groups -OCH3 is 1. The second-order valence-electron chi connectivity index (χ2n) is 7.37. The molecule has 2 aromatic heterocycles. The number of rotatable bonds is 6. The van der Waals surface area contributed by atoms with Gasteiger partial charge in [0.1, 0.15) is 5.75 Å². The number of para-hydroxylation sites is 1. The molecule has 0 spiro atoms. The second kappa shape index (κ2) is 9.05. The molecule has 32 heavy (non-hydrogen) atoms. The van der Waals surface area contributed by atoms with Crippen LogP contribution >= 0.6 is 11.8 Å². The molecule has 0 radical (unpaired) electrons. The Kier molecular flexibility index (Phi) is 5.83. The van der Waals surface area contributed by atoms with Gasteiger partial charge in [-0.15, -0.1) is 10.2 Å². The van der Waals surface area contributed by atoms with Gasteiger partial charge in [0, 0.05) is 41.4 Å². The van der Waals surface area contributed by atoms with Crippen LogP contribution in [-0.4, -0.2) is 69.7 Å². The van der Waals surface area contributed by atoms with E-state index in [4.69, 9.17) is 9.47 Å². The smallest absolute Gasteiger partial charge is 0.233 e. The molecule has 1 fully saturated rings. The first kappa shape index (κ1) is 20.6. The van der Waals surface area contributed by atoms with Gasteiger partial charge in [-0.2, -0.15) is 0 Å². The SMILES string of the molecule is COc1ccc(-n2c(SCC(=O)N3CCOCC3)nnc2-c2c[nH]c3ccccc23)cc1. The third-order valence-corrected chi connectivity index (χ3v) is 6.40.